The maximum Gasteiger partial charge on any atom is 0.156 e. The molecule has 0 fully saturated rings. The average molecular weight is 264 g/mol. The molecule has 0 spiro atoms. The van der Waals surface area contributed by atoms with E-state index in [9.17, 15) is 0 Å². The van der Waals surface area contributed by atoms with Gasteiger partial charge in [0.1, 0.15) is 0 Å². The molecule has 0 aromatic heterocycles. The Morgan fingerprint density at radius 3 is 1.42 bits per heavy atom. The molecule has 0 rings (SSSR count). The molecule has 0 saturated carbocycles. The second kappa shape index (κ2) is 13.9. The van der Waals surface area contributed by atoms with Crippen molar-refractivity contribution >= 4 is 0 Å². The van der Waals surface area contributed by atoms with Crippen molar-refractivity contribution in [3.8, 4) is 24.3 Å². The molecule has 7 nitrogen and oxygen atoms in total. The fraction of sp³-hybridized carbons (Fsp3) is 0.667. The lowest BCUT2D eigenvalue weighted by Crippen LogP contribution is -2.11. The van der Waals surface area contributed by atoms with Crippen molar-refractivity contribution < 1.29 is 14.9 Å². The van der Waals surface area contributed by atoms with Crippen LogP contribution in [-0.2, 0) is 4.74 Å². The van der Waals surface area contributed by atoms with Crippen molar-refractivity contribution in [2.24, 2.45) is 11.8 Å². The van der Waals surface area contributed by atoms with E-state index in [1.54, 1.807) is 24.3 Å². The van der Waals surface area contributed by atoms with Crippen LogP contribution in [0.3, 0.4) is 0 Å². The van der Waals surface area contributed by atoms with E-state index >= 15 is 0 Å². The van der Waals surface area contributed by atoms with Crippen LogP contribution in [0, 0.1) is 57.2 Å². The molecule has 19 heavy (non-hydrogen) atoms. The van der Waals surface area contributed by atoms with E-state index in [0.717, 1.165) is 6.42 Å². The van der Waals surface area contributed by atoms with Crippen molar-refractivity contribution in [1.82, 2.24) is 0 Å². The van der Waals surface area contributed by atoms with Crippen LogP contribution in [0.25, 0.3) is 0 Å². The van der Waals surface area contributed by atoms with Gasteiger partial charge in [-0.05, 0) is 6.42 Å². The zero-order chi connectivity index (χ0) is 15.1. The summed E-state index contributed by atoms with van der Waals surface area (Å²) in [4.78, 5) is 0. The van der Waals surface area contributed by atoms with Gasteiger partial charge in [-0.25, -0.2) is 0 Å². The van der Waals surface area contributed by atoms with Gasteiger partial charge in [0.05, 0.1) is 37.5 Å². The Morgan fingerprint density at radius 1 is 0.895 bits per heavy atom. The smallest absolute Gasteiger partial charge is 0.156 e. The van der Waals surface area contributed by atoms with E-state index in [1.165, 1.54) is 0 Å². The normalized spacial score (nSPS) is 8.95. The molecule has 2 N–H and O–H groups in total. The third-order valence-corrected chi connectivity index (χ3v) is 1.74. The number of ether oxygens (including phenoxy) is 1. The fourth-order valence-corrected chi connectivity index (χ4v) is 0.769. The number of aliphatic hydroxyl groups excluding tert-OH is 1. The summed E-state index contributed by atoms with van der Waals surface area (Å²) in [5, 5.41) is 49.5. The van der Waals surface area contributed by atoms with Gasteiger partial charge in [-0.2, -0.15) is 21.0 Å². The third kappa shape index (κ3) is 13.8. The SMILES string of the molecule is CCCC(O)O.N#CC(C#N)COCC(C#N)C#N. The molecule has 102 valence electrons. The molecule has 0 aromatic rings. The summed E-state index contributed by atoms with van der Waals surface area (Å²) >= 11 is 0. The monoisotopic (exact) mass is 264 g/mol. The number of rotatable bonds is 6. The van der Waals surface area contributed by atoms with E-state index in [-0.39, 0.29) is 13.2 Å². The Kier molecular flexibility index (Phi) is 14.0. The Balaban J connectivity index is 0. The Labute approximate surface area is 112 Å². The average Bonchev–Trinajstić information content (AvgIpc) is 2.40. The molecule has 0 aliphatic heterocycles. The van der Waals surface area contributed by atoms with Crippen LogP contribution in [0.15, 0.2) is 0 Å². The molecule has 0 heterocycles. The molecule has 0 unspecified atom stereocenters. The molecule has 0 radical (unpaired) electrons. The van der Waals surface area contributed by atoms with E-state index in [4.69, 9.17) is 36.0 Å². The van der Waals surface area contributed by atoms with E-state index < -0.39 is 18.1 Å². The van der Waals surface area contributed by atoms with Gasteiger partial charge in [0.15, 0.2) is 18.1 Å². The highest BCUT2D eigenvalue weighted by Crippen LogP contribution is 1.97. The van der Waals surface area contributed by atoms with Crippen molar-refractivity contribution in [3.63, 3.8) is 0 Å². The summed E-state index contributed by atoms with van der Waals surface area (Å²) in [5.41, 5.74) is 0. The van der Waals surface area contributed by atoms with Gasteiger partial charge in [0.25, 0.3) is 0 Å². The van der Waals surface area contributed by atoms with Crippen molar-refractivity contribution in [1.29, 1.82) is 21.0 Å². The van der Waals surface area contributed by atoms with Gasteiger partial charge in [-0.15, -0.1) is 0 Å². The lowest BCUT2D eigenvalue weighted by atomic mass is 10.2. The zero-order valence-corrected chi connectivity index (χ0v) is 10.7. The fourth-order valence-electron chi connectivity index (χ4n) is 0.769. The first-order chi connectivity index (χ1) is 9.05. The summed E-state index contributed by atoms with van der Waals surface area (Å²) < 4.78 is 4.83. The molecular weight excluding hydrogens is 248 g/mol. The highest BCUT2D eigenvalue weighted by molar-refractivity contribution is 5.00. The van der Waals surface area contributed by atoms with Crippen molar-refractivity contribution in [2.75, 3.05) is 13.2 Å². The van der Waals surface area contributed by atoms with Gasteiger partial charge in [-0.3, -0.25) is 0 Å². The second-order valence-corrected chi connectivity index (χ2v) is 3.43. The quantitative estimate of drug-likeness (QED) is 0.661. The zero-order valence-electron chi connectivity index (χ0n) is 10.7. The number of hydrogen-bond donors (Lipinski definition) is 2. The first-order valence-corrected chi connectivity index (χ1v) is 5.57. The van der Waals surface area contributed by atoms with Gasteiger partial charge in [0.2, 0.25) is 0 Å². The van der Waals surface area contributed by atoms with Gasteiger partial charge < -0.3 is 14.9 Å². The molecule has 0 bridgehead atoms. The highest BCUT2D eigenvalue weighted by Gasteiger charge is 2.09. The predicted octanol–water partition coefficient (Wildman–Crippen LogP) is 0.427. The van der Waals surface area contributed by atoms with E-state index in [2.05, 4.69) is 0 Å². The van der Waals surface area contributed by atoms with Crippen LogP contribution in [0.1, 0.15) is 19.8 Å². The maximum atomic E-state index is 8.32. The van der Waals surface area contributed by atoms with Crippen molar-refractivity contribution in [2.45, 2.75) is 26.1 Å². The predicted molar refractivity (Wildman–Crippen MR) is 63.4 cm³/mol. The Bertz CT molecular complexity index is 324. The van der Waals surface area contributed by atoms with Crippen LogP contribution in [0.5, 0.6) is 0 Å². The first kappa shape index (κ1) is 19.2. The lowest BCUT2D eigenvalue weighted by Gasteiger charge is -2.02. The first-order valence-electron chi connectivity index (χ1n) is 5.57. The van der Waals surface area contributed by atoms with Crippen LogP contribution >= 0.6 is 0 Å². The molecule has 0 saturated heterocycles. The maximum absolute atomic E-state index is 8.32. The molecule has 0 aliphatic carbocycles. The summed E-state index contributed by atoms with van der Waals surface area (Å²) in [6.45, 7) is 1.78. The summed E-state index contributed by atoms with van der Waals surface area (Å²) in [5.74, 6) is -1.67. The largest absolute Gasteiger partial charge is 0.377 e. The Hall–Kier alpha value is -2.16. The molecule has 0 amide bonds. The van der Waals surface area contributed by atoms with Gasteiger partial charge in [0, 0.05) is 0 Å². The third-order valence-electron chi connectivity index (χ3n) is 1.74. The summed E-state index contributed by atoms with van der Waals surface area (Å²) in [6.07, 6.45) is 0.215. The van der Waals surface area contributed by atoms with Crippen LogP contribution in [0.4, 0.5) is 0 Å². The summed E-state index contributed by atoms with van der Waals surface area (Å²) in [6, 6.07) is 6.84. The van der Waals surface area contributed by atoms with Crippen LogP contribution in [0.2, 0.25) is 0 Å². The standard InChI is InChI=1S/C8H6N4O.C4H10O2/c9-1-7(2-10)5-13-6-8(3-11)4-12;1-2-3-4(5)6/h7-8H,5-6H2;4-6H,2-3H2,1H3. The van der Waals surface area contributed by atoms with Crippen molar-refractivity contribution in [3.05, 3.63) is 0 Å². The van der Waals surface area contributed by atoms with E-state index in [0.29, 0.717) is 6.42 Å². The molecule has 0 aromatic carbocycles. The molecule has 0 atom stereocenters. The highest BCUT2D eigenvalue weighted by atomic mass is 16.5. The van der Waals surface area contributed by atoms with Crippen LogP contribution in [-0.4, -0.2) is 29.7 Å². The van der Waals surface area contributed by atoms with Gasteiger partial charge in [-0.1, -0.05) is 13.3 Å². The second-order valence-electron chi connectivity index (χ2n) is 3.43. The van der Waals surface area contributed by atoms with Gasteiger partial charge >= 0.3 is 0 Å². The number of hydrogen-bond acceptors (Lipinski definition) is 7. The number of nitrogens with zero attached hydrogens (tertiary/aromatic N) is 4. The van der Waals surface area contributed by atoms with E-state index in [1.807, 2.05) is 6.92 Å². The summed E-state index contributed by atoms with van der Waals surface area (Å²) in [7, 11) is 0. The minimum Gasteiger partial charge on any atom is -0.377 e. The number of aliphatic hydroxyl groups is 2. The Morgan fingerprint density at radius 2 is 1.26 bits per heavy atom. The molecular formula is C12H16N4O3. The minimum atomic E-state index is -1.10. The lowest BCUT2D eigenvalue weighted by molar-refractivity contribution is -0.0453. The topological polar surface area (TPSA) is 145 Å². The number of nitriles is 4. The molecule has 0 aliphatic rings. The minimum absolute atomic E-state index is 0.0626. The van der Waals surface area contributed by atoms with Crippen LogP contribution < -0.4 is 0 Å². The molecule has 7 heteroatoms.